The van der Waals surface area contributed by atoms with Gasteiger partial charge in [0.15, 0.2) is 0 Å². The number of amides is 1. The highest BCUT2D eigenvalue weighted by Gasteiger charge is 2.38. The molecule has 2 unspecified atom stereocenters. The molecule has 2 atom stereocenters. The third-order valence-corrected chi connectivity index (χ3v) is 3.71. The number of hydrogen-bond acceptors (Lipinski definition) is 3. The minimum atomic E-state index is -0.924. The third kappa shape index (κ3) is 3.22. The molecule has 1 heterocycles. The molecule has 2 rings (SSSR count). The van der Waals surface area contributed by atoms with E-state index in [0.717, 1.165) is 32.3 Å². The molecular formula is C13H21NO4. The van der Waals surface area contributed by atoms with E-state index < -0.39 is 12.0 Å². The molecule has 102 valence electrons. The van der Waals surface area contributed by atoms with E-state index in [9.17, 15) is 9.59 Å². The standard InChI is InChI=1S/C13H21NO4/c1-9(13(16)17)14(10-4-5-10)12(15)7-6-11-3-2-8-18-11/h9-11H,2-8H2,1H3,(H,16,17). The molecule has 0 spiro atoms. The average Bonchev–Trinajstić information content (AvgIpc) is 3.02. The van der Waals surface area contributed by atoms with Gasteiger partial charge in [0.25, 0.3) is 0 Å². The summed E-state index contributed by atoms with van der Waals surface area (Å²) in [5, 5.41) is 9.04. The predicted octanol–water partition coefficient (Wildman–Crippen LogP) is 1.41. The molecule has 0 aromatic rings. The first kappa shape index (κ1) is 13.3. The van der Waals surface area contributed by atoms with Gasteiger partial charge in [-0.2, -0.15) is 0 Å². The topological polar surface area (TPSA) is 66.8 Å². The van der Waals surface area contributed by atoms with Gasteiger partial charge in [0.2, 0.25) is 5.91 Å². The summed E-state index contributed by atoms with van der Waals surface area (Å²) in [6.07, 6.45) is 5.26. The fourth-order valence-electron chi connectivity index (χ4n) is 2.49. The van der Waals surface area contributed by atoms with Crippen molar-refractivity contribution in [1.29, 1.82) is 0 Å². The van der Waals surface area contributed by atoms with E-state index in [1.165, 1.54) is 0 Å². The fraction of sp³-hybridized carbons (Fsp3) is 0.846. The van der Waals surface area contributed by atoms with Gasteiger partial charge in [0, 0.05) is 19.1 Å². The van der Waals surface area contributed by atoms with Crippen LogP contribution in [0.15, 0.2) is 0 Å². The number of aliphatic carboxylic acids is 1. The van der Waals surface area contributed by atoms with Gasteiger partial charge in [-0.25, -0.2) is 4.79 Å². The second-order valence-corrected chi connectivity index (χ2v) is 5.22. The number of carboxylic acids is 1. The Morgan fingerprint density at radius 2 is 2.11 bits per heavy atom. The van der Waals surface area contributed by atoms with Crippen LogP contribution >= 0.6 is 0 Å². The number of rotatable bonds is 6. The molecule has 0 radical (unpaired) electrons. The first-order valence-corrected chi connectivity index (χ1v) is 6.75. The molecule has 1 aliphatic heterocycles. The Labute approximate surface area is 107 Å². The first-order chi connectivity index (χ1) is 8.59. The van der Waals surface area contributed by atoms with Crippen molar-refractivity contribution in [3.63, 3.8) is 0 Å². The van der Waals surface area contributed by atoms with Gasteiger partial charge < -0.3 is 14.7 Å². The van der Waals surface area contributed by atoms with Gasteiger partial charge in [-0.3, -0.25) is 4.79 Å². The van der Waals surface area contributed by atoms with Crippen LogP contribution in [0.5, 0.6) is 0 Å². The maximum atomic E-state index is 12.1. The maximum absolute atomic E-state index is 12.1. The van der Waals surface area contributed by atoms with Crippen LogP contribution < -0.4 is 0 Å². The zero-order valence-electron chi connectivity index (χ0n) is 10.8. The molecule has 2 aliphatic rings. The third-order valence-electron chi connectivity index (χ3n) is 3.71. The molecule has 5 nitrogen and oxygen atoms in total. The first-order valence-electron chi connectivity index (χ1n) is 6.75. The summed E-state index contributed by atoms with van der Waals surface area (Å²) in [5.74, 6) is -0.963. The Kier molecular flexibility index (Phi) is 4.22. The average molecular weight is 255 g/mol. The lowest BCUT2D eigenvalue weighted by Crippen LogP contribution is -2.44. The van der Waals surface area contributed by atoms with Crippen LogP contribution in [0.25, 0.3) is 0 Å². The van der Waals surface area contributed by atoms with E-state index in [1.54, 1.807) is 11.8 Å². The normalized spacial score (nSPS) is 24.8. The summed E-state index contributed by atoms with van der Waals surface area (Å²) in [5.41, 5.74) is 0. The quantitative estimate of drug-likeness (QED) is 0.779. The zero-order chi connectivity index (χ0) is 13.1. The highest BCUT2D eigenvalue weighted by Crippen LogP contribution is 2.30. The van der Waals surface area contributed by atoms with Crippen molar-refractivity contribution in [2.24, 2.45) is 0 Å². The minimum absolute atomic E-state index is 0.0390. The Balaban J connectivity index is 1.85. The van der Waals surface area contributed by atoms with Gasteiger partial charge in [-0.05, 0) is 39.0 Å². The van der Waals surface area contributed by atoms with Crippen molar-refractivity contribution in [2.75, 3.05) is 6.61 Å². The summed E-state index contributed by atoms with van der Waals surface area (Å²) in [4.78, 5) is 24.7. The lowest BCUT2D eigenvalue weighted by atomic mass is 10.1. The minimum Gasteiger partial charge on any atom is -0.480 e. The molecule has 0 bridgehead atoms. The maximum Gasteiger partial charge on any atom is 0.326 e. The van der Waals surface area contributed by atoms with Crippen molar-refractivity contribution in [2.45, 2.75) is 63.6 Å². The molecule has 1 saturated carbocycles. The molecule has 1 saturated heterocycles. The van der Waals surface area contributed by atoms with E-state index in [2.05, 4.69) is 0 Å². The van der Waals surface area contributed by atoms with Crippen LogP contribution in [-0.4, -0.2) is 46.7 Å². The summed E-state index contributed by atoms with van der Waals surface area (Å²) in [7, 11) is 0. The van der Waals surface area contributed by atoms with Gasteiger partial charge in [0.05, 0.1) is 6.10 Å². The van der Waals surface area contributed by atoms with Crippen molar-refractivity contribution in [3.05, 3.63) is 0 Å². The van der Waals surface area contributed by atoms with E-state index in [-0.39, 0.29) is 18.1 Å². The highest BCUT2D eigenvalue weighted by molar-refractivity contribution is 5.84. The van der Waals surface area contributed by atoms with Crippen LogP contribution in [0.1, 0.15) is 45.4 Å². The van der Waals surface area contributed by atoms with Crippen LogP contribution in [0, 0.1) is 0 Å². The van der Waals surface area contributed by atoms with E-state index in [4.69, 9.17) is 9.84 Å². The monoisotopic (exact) mass is 255 g/mol. The fourth-order valence-corrected chi connectivity index (χ4v) is 2.49. The Morgan fingerprint density at radius 3 is 2.61 bits per heavy atom. The van der Waals surface area contributed by atoms with Crippen molar-refractivity contribution >= 4 is 11.9 Å². The molecule has 5 heteroatoms. The summed E-state index contributed by atoms with van der Waals surface area (Å²) < 4.78 is 5.48. The molecule has 0 aromatic carbocycles. The number of carboxylic acid groups (broad SMARTS) is 1. The van der Waals surface area contributed by atoms with Crippen LogP contribution in [0.4, 0.5) is 0 Å². The Morgan fingerprint density at radius 1 is 1.39 bits per heavy atom. The van der Waals surface area contributed by atoms with Crippen LogP contribution in [-0.2, 0) is 14.3 Å². The largest absolute Gasteiger partial charge is 0.480 e. The Hall–Kier alpha value is -1.10. The molecule has 1 amide bonds. The van der Waals surface area contributed by atoms with E-state index >= 15 is 0 Å². The smallest absolute Gasteiger partial charge is 0.326 e. The lowest BCUT2D eigenvalue weighted by Gasteiger charge is -2.27. The van der Waals surface area contributed by atoms with Crippen LogP contribution in [0.3, 0.4) is 0 Å². The molecule has 1 N–H and O–H groups in total. The number of hydrogen-bond donors (Lipinski definition) is 1. The zero-order valence-corrected chi connectivity index (χ0v) is 10.8. The molecule has 18 heavy (non-hydrogen) atoms. The Bertz CT molecular complexity index is 321. The second-order valence-electron chi connectivity index (χ2n) is 5.22. The van der Waals surface area contributed by atoms with Crippen molar-refractivity contribution in [3.8, 4) is 0 Å². The van der Waals surface area contributed by atoms with E-state index in [0.29, 0.717) is 12.8 Å². The summed E-state index contributed by atoms with van der Waals surface area (Å²) in [6, 6.07) is -0.567. The van der Waals surface area contributed by atoms with E-state index in [1.807, 2.05) is 0 Å². The highest BCUT2D eigenvalue weighted by atomic mass is 16.5. The molecule has 1 aliphatic carbocycles. The summed E-state index contributed by atoms with van der Waals surface area (Å²) >= 11 is 0. The van der Waals surface area contributed by atoms with Gasteiger partial charge in [-0.15, -0.1) is 0 Å². The van der Waals surface area contributed by atoms with Gasteiger partial charge in [-0.1, -0.05) is 0 Å². The van der Waals surface area contributed by atoms with Gasteiger partial charge in [0.1, 0.15) is 6.04 Å². The van der Waals surface area contributed by atoms with Crippen LogP contribution in [0.2, 0.25) is 0 Å². The van der Waals surface area contributed by atoms with Gasteiger partial charge >= 0.3 is 5.97 Å². The number of carbonyl (C=O) groups excluding carboxylic acids is 1. The predicted molar refractivity (Wildman–Crippen MR) is 65.2 cm³/mol. The SMILES string of the molecule is CC(C(=O)O)N(C(=O)CCC1CCCO1)C1CC1. The summed E-state index contributed by atoms with van der Waals surface area (Å²) in [6.45, 7) is 2.38. The molecular weight excluding hydrogens is 234 g/mol. The number of nitrogens with zero attached hydrogens (tertiary/aromatic N) is 1. The lowest BCUT2D eigenvalue weighted by molar-refractivity contribution is -0.150. The second kappa shape index (κ2) is 5.69. The van der Waals surface area contributed by atoms with Crippen molar-refractivity contribution < 1.29 is 19.4 Å². The van der Waals surface area contributed by atoms with Crippen molar-refractivity contribution in [1.82, 2.24) is 4.90 Å². The number of ether oxygens (including phenoxy) is 1. The molecule has 2 fully saturated rings. The number of carbonyl (C=O) groups is 2. The molecule has 0 aromatic heterocycles.